The molecule has 5 nitrogen and oxygen atoms in total. The van der Waals surface area contributed by atoms with E-state index in [4.69, 9.17) is 9.15 Å². The summed E-state index contributed by atoms with van der Waals surface area (Å²) in [7, 11) is 1.65. The van der Waals surface area contributed by atoms with Gasteiger partial charge in [-0.1, -0.05) is 0 Å². The lowest BCUT2D eigenvalue weighted by Gasteiger charge is -2.24. The van der Waals surface area contributed by atoms with Crippen LogP contribution in [0.1, 0.15) is 5.89 Å². The van der Waals surface area contributed by atoms with Gasteiger partial charge in [-0.25, -0.2) is 0 Å². The SMILES string of the molecule is COc1ccc(-c2nnc(CN3CCSCC3)o2)cc1. The third kappa shape index (κ3) is 3.13. The number of nitrogens with zero attached hydrogens (tertiary/aromatic N) is 3. The minimum absolute atomic E-state index is 0.564. The number of ether oxygens (including phenoxy) is 1. The van der Waals surface area contributed by atoms with E-state index in [1.165, 1.54) is 11.5 Å². The fraction of sp³-hybridized carbons (Fsp3) is 0.429. The predicted octanol–water partition coefficient (Wildman–Crippen LogP) is 2.29. The Kier molecular flexibility index (Phi) is 4.22. The summed E-state index contributed by atoms with van der Waals surface area (Å²) in [5, 5.41) is 8.25. The summed E-state index contributed by atoms with van der Waals surface area (Å²) in [6.45, 7) is 2.92. The molecule has 3 rings (SSSR count). The zero-order chi connectivity index (χ0) is 13.8. The fourth-order valence-corrected chi connectivity index (χ4v) is 3.10. The molecule has 1 aromatic heterocycles. The van der Waals surface area contributed by atoms with Crippen LogP contribution in [-0.2, 0) is 6.54 Å². The standard InChI is InChI=1S/C14H17N3O2S/c1-18-12-4-2-11(3-5-12)14-16-15-13(19-14)10-17-6-8-20-9-7-17/h2-5H,6-10H2,1H3. The predicted molar refractivity (Wildman–Crippen MR) is 78.9 cm³/mol. The topological polar surface area (TPSA) is 51.4 Å². The van der Waals surface area contributed by atoms with Crippen molar-refractivity contribution in [1.82, 2.24) is 15.1 Å². The number of thioether (sulfide) groups is 1. The van der Waals surface area contributed by atoms with Crippen molar-refractivity contribution >= 4 is 11.8 Å². The second kappa shape index (κ2) is 6.28. The maximum atomic E-state index is 5.73. The van der Waals surface area contributed by atoms with E-state index in [9.17, 15) is 0 Å². The molecule has 2 aromatic rings. The summed E-state index contributed by atoms with van der Waals surface area (Å²) < 4.78 is 10.9. The first-order valence-corrected chi connectivity index (χ1v) is 7.77. The van der Waals surface area contributed by atoms with E-state index in [0.717, 1.165) is 30.9 Å². The second-order valence-corrected chi connectivity index (χ2v) is 5.84. The Labute approximate surface area is 122 Å². The Hall–Kier alpha value is -1.53. The molecular weight excluding hydrogens is 274 g/mol. The van der Waals surface area contributed by atoms with E-state index in [1.54, 1.807) is 7.11 Å². The van der Waals surface area contributed by atoms with Gasteiger partial charge in [0.15, 0.2) is 0 Å². The molecule has 1 aromatic carbocycles. The third-order valence-electron chi connectivity index (χ3n) is 3.27. The van der Waals surface area contributed by atoms with Gasteiger partial charge in [0.2, 0.25) is 11.8 Å². The molecule has 0 radical (unpaired) electrons. The first-order valence-electron chi connectivity index (χ1n) is 6.62. The van der Waals surface area contributed by atoms with Gasteiger partial charge in [0, 0.05) is 30.2 Å². The molecule has 106 valence electrons. The summed E-state index contributed by atoms with van der Waals surface area (Å²) in [4.78, 5) is 2.35. The Balaban J connectivity index is 1.68. The number of hydrogen-bond donors (Lipinski definition) is 0. The van der Waals surface area contributed by atoms with Crippen molar-refractivity contribution in [2.45, 2.75) is 6.54 Å². The molecular formula is C14H17N3O2S. The van der Waals surface area contributed by atoms with E-state index in [2.05, 4.69) is 15.1 Å². The smallest absolute Gasteiger partial charge is 0.247 e. The molecule has 6 heteroatoms. The van der Waals surface area contributed by atoms with Gasteiger partial charge in [-0.15, -0.1) is 10.2 Å². The summed E-state index contributed by atoms with van der Waals surface area (Å²) in [5.74, 6) is 4.43. The second-order valence-electron chi connectivity index (χ2n) is 4.62. The summed E-state index contributed by atoms with van der Waals surface area (Å²) in [6.07, 6.45) is 0. The van der Waals surface area contributed by atoms with Crippen molar-refractivity contribution in [2.75, 3.05) is 31.7 Å². The van der Waals surface area contributed by atoms with Crippen molar-refractivity contribution in [1.29, 1.82) is 0 Å². The summed E-state index contributed by atoms with van der Waals surface area (Å²) >= 11 is 1.99. The van der Waals surface area contributed by atoms with Gasteiger partial charge in [0.1, 0.15) is 5.75 Å². The van der Waals surface area contributed by atoms with E-state index < -0.39 is 0 Å². The Morgan fingerprint density at radius 1 is 1.20 bits per heavy atom. The van der Waals surface area contributed by atoms with Crippen LogP contribution in [0, 0.1) is 0 Å². The Morgan fingerprint density at radius 2 is 1.95 bits per heavy atom. The van der Waals surface area contributed by atoms with E-state index >= 15 is 0 Å². The third-order valence-corrected chi connectivity index (χ3v) is 4.21. The molecule has 0 atom stereocenters. The van der Waals surface area contributed by atoms with Gasteiger partial charge >= 0.3 is 0 Å². The van der Waals surface area contributed by atoms with Crippen LogP contribution in [0.3, 0.4) is 0 Å². The first-order chi connectivity index (χ1) is 9.85. The quantitative estimate of drug-likeness (QED) is 0.861. The number of aromatic nitrogens is 2. The minimum Gasteiger partial charge on any atom is -0.497 e. The molecule has 1 saturated heterocycles. The van der Waals surface area contributed by atoms with Crippen molar-refractivity contribution in [3.63, 3.8) is 0 Å². The molecule has 1 aliphatic rings. The van der Waals surface area contributed by atoms with E-state index in [0.29, 0.717) is 11.8 Å². The Bertz CT molecular complexity index is 550. The highest BCUT2D eigenvalue weighted by Crippen LogP contribution is 2.22. The van der Waals surface area contributed by atoms with E-state index in [-0.39, 0.29) is 0 Å². The molecule has 0 amide bonds. The molecule has 0 spiro atoms. The lowest BCUT2D eigenvalue weighted by molar-refractivity contribution is 0.263. The van der Waals surface area contributed by atoms with Gasteiger partial charge in [-0.2, -0.15) is 11.8 Å². The maximum absolute atomic E-state index is 5.73. The molecule has 0 bridgehead atoms. The molecule has 0 unspecified atom stereocenters. The van der Waals surface area contributed by atoms with Gasteiger partial charge in [0.05, 0.1) is 13.7 Å². The molecule has 0 N–H and O–H groups in total. The van der Waals surface area contributed by atoms with Crippen LogP contribution in [0.2, 0.25) is 0 Å². The number of hydrogen-bond acceptors (Lipinski definition) is 6. The monoisotopic (exact) mass is 291 g/mol. The Morgan fingerprint density at radius 3 is 2.65 bits per heavy atom. The van der Waals surface area contributed by atoms with Gasteiger partial charge in [-0.3, -0.25) is 4.90 Å². The van der Waals surface area contributed by atoms with Crippen molar-refractivity contribution < 1.29 is 9.15 Å². The zero-order valence-electron chi connectivity index (χ0n) is 11.4. The number of methoxy groups -OCH3 is 1. The van der Waals surface area contributed by atoms with Gasteiger partial charge < -0.3 is 9.15 Å². The highest BCUT2D eigenvalue weighted by molar-refractivity contribution is 7.99. The zero-order valence-corrected chi connectivity index (χ0v) is 12.2. The van der Waals surface area contributed by atoms with Crippen molar-refractivity contribution in [3.8, 4) is 17.2 Å². The van der Waals surface area contributed by atoms with Crippen LogP contribution in [0.5, 0.6) is 5.75 Å². The molecule has 20 heavy (non-hydrogen) atoms. The van der Waals surface area contributed by atoms with Gasteiger partial charge in [0.25, 0.3) is 0 Å². The summed E-state index contributed by atoms with van der Waals surface area (Å²) in [6, 6.07) is 7.63. The number of benzene rings is 1. The highest BCUT2D eigenvalue weighted by atomic mass is 32.2. The molecule has 1 aliphatic heterocycles. The fourth-order valence-electron chi connectivity index (χ4n) is 2.12. The van der Waals surface area contributed by atoms with Crippen LogP contribution in [0.25, 0.3) is 11.5 Å². The minimum atomic E-state index is 0.564. The van der Waals surface area contributed by atoms with Crippen LogP contribution < -0.4 is 4.74 Å². The maximum Gasteiger partial charge on any atom is 0.247 e. The van der Waals surface area contributed by atoms with Crippen LogP contribution in [0.15, 0.2) is 28.7 Å². The normalized spacial score (nSPS) is 16.2. The average Bonchev–Trinajstić information content (AvgIpc) is 2.97. The summed E-state index contributed by atoms with van der Waals surface area (Å²) in [5.41, 5.74) is 0.916. The van der Waals surface area contributed by atoms with Crippen molar-refractivity contribution in [3.05, 3.63) is 30.2 Å². The molecule has 1 fully saturated rings. The molecule has 2 heterocycles. The molecule has 0 saturated carbocycles. The van der Waals surface area contributed by atoms with Crippen LogP contribution in [0.4, 0.5) is 0 Å². The van der Waals surface area contributed by atoms with E-state index in [1.807, 2.05) is 36.0 Å². The average molecular weight is 291 g/mol. The highest BCUT2D eigenvalue weighted by Gasteiger charge is 2.15. The first kappa shape index (κ1) is 13.5. The lowest BCUT2D eigenvalue weighted by atomic mass is 10.2. The van der Waals surface area contributed by atoms with Gasteiger partial charge in [-0.05, 0) is 24.3 Å². The largest absolute Gasteiger partial charge is 0.497 e. The van der Waals surface area contributed by atoms with Crippen LogP contribution in [-0.4, -0.2) is 46.8 Å². The lowest BCUT2D eigenvalue weighted by Crippen LogP contribution is -2.32. The van der Waals surface area contributed by atoms with Crippen LogP contribution >= 0.6 is 11.8 Å². The molecule has 0 aliphatic carbocycles. The van der Waals surface area contributed by atoms with Crippen molar-refractivity contribution in [2.24, 2.45) is 0 Å². The number of rotatable bonds is 4.